The molecule has 0 bridgehead atoms. The molecular formula is C21H16Cl2N2O2. The fourth-order valence-electron chi connectivity index (χ4n) is 3.31. The fraction of sp³-hybridized carbons (Fsp3) is 0.143. The van der Waals surface area contributed by atoms with Gasteiger partial charge in [-0.15, -0.1) is 0 Å². The Kier molecular flexibility index (Phi) is 5.27. The monoisotopic (exact) mass is 398 g/mol. The van der Waals surface area contributed by atoms with Gasteiger partial charge >= 0.3 is 5.97 Å². The summed E-state index contributed by atoms with van der Waals surface area (Å²) in [6, 6.07) is 12.6. The first-order valence-corrected chi connectivity index (χ1v) is 9.02. The predicted molar refractivity (Wildman–Crippen MR) is 109 cm³/mol. The van der Waals surface area contributed by atoms with Crippen LogP contribution in [0.25, 0.3) is 27.1 Å². The molecule has 3 aromatic rings. The van der Waals surface area contributed by atoms with Gasteiger partial charge in [-0.05, 0) is 29.7 Å². The Morgan fingerprint density at radius 3 is 2.30 bits per heavy atom. The van der Waals surface area contributed by atoms with E-state index < -0.39 is 5.97 Å². The van der Waals surface area contributed by atoms with Crippen LogP contribution in [0.5, 0.6) is 0 Å². The smallest absolute Gasteiger partial charge is 0.351 e. The zero-order chi connectivity index (χ0) is 19.7. The number of nitrogens with zero attached hydrogens (tertiary/aromatic N) is 2. The fourth-order valence-corrected chi connectivity index (χ4v) is 3.82. The largest absolute Gasteiger partial charge is 0.477 e. The van der Waals surface area contributed by atoms with E-state index in [4.69, 9.17) is 29.8 Å². The molecule has 0 amide bonds. The van der Waals surface area contributed by atoms with Crippen molar-refractivity contribution in [2.24, 2.45) is 7.05 Å². The van der Waals surface area contributed by atoms with Crippen molar-refractivity contribution in [2.45, 2.75) is 13.3 Å². The zero-order valence-corrected chi connectivity index (χ0v) is 16.3. The van der Waals surface area contributed by atoms with E-state index in [-0.39, 0.29) is 5.69 Å². The SMILES string of the molecule is [C-]#[N+]c1c(-c2ccc(-c3ccc(Cl)cc3Cl)cc2)c(C(=O)O)n(C)c1CC. The van der Waals surface area contributed by atoms with Crippen LogP contribution >= 0.6 is 23.2 Å². The molecule has 0 aliphatic rings. The average Bonchev–Trinajstić information content (AvgIpc) is 2.93. The minimum Gasteiger partial charge on any atom is -0.477 e. The van der Waals surface area contributed by atoms with Crippen LogP contribution < -0.4 is 0 Å². The summed E-state index contributed by atoms with van der Waals surface area (Å²) in [5, 5.41) is 10.8. The number of benzene rings is 2. The molecule has 0 saturated heterocycles. The molecule has 1 aromatic heterocycles. The second kappa shape index (κ2) is 7.48. The molecule has 0 spiro atoms. The predicted octanol–water partition coefficient (Wildman–Crippen LogP) is 6.48. The van der Waals surface area contributed by atoms with Crippen LogP contribution in [-0.4, -0.2) is 15.6 Å². The van der Waals surface area contributed by atoms with Crippen molar-refractivity contribution in [1.29, 1.82) is 0 Å². The van der Waals surface area contributed by atoms with Gasteiger partial charge in [-0.1, -0.05) is 60.5 Å². The quantitative estimate of drug-likeness (QED) is 0.511. The third-order valence-corrected chi connectivity index (χ3v) is 5.10. The van der Waals surface area contributed by atoms with Gasteiger partial charge in [0.15, 0.2) is 0 Å². The second-order valence-corrected chi connectivity index (χ2v) is 6.89. The van der Waals surface area contributed by atoms with Crippen LogP contribution in [0.2, 0.25) is 10.0 Å². The third-order valence-electron chi connectivity index (χ3n) is 4.55. The molecule has 0 aliphatic carbocycles. The molecule has 1 N–H and O–H groups in total. The number of hydrogen-bond donors (Lipinski definition) is 1. The van der Waals surface area contributed by atoms with Gasteiger partial charge in [-0.3, -0.25) is 0 Å². The van der Waals surface area contributed by atoms with Crippen molar-refractivity contribution in [3.05, 3.63) is 75.3 Å². The van der Waals surface area contributed by atoms with Crippen LogP contribution in [0.1, 0.15) is 23.1 Å². The molecule has 2 aromatic carbocycles. The maximum absolute atomic E-state index is 11.8. The molecule has 136 valence electrons. The highest BCUT2D eigenvalue weighted by molar-refractivity contribution is 6.36. The highest BCUT2D eigenvalue weighted by Crippen LogP contribution is 2.40. The Labute approximate surface area is 167 Å². The number of carboxylic acid groups (broad SMARTS) is 1. The van der Waals surface area contributed by atoms with E-state index in [0.717, 1.165) is 11.1 Å². The molecular weight excluding hydrogens is 383 g/mol. The van der Waals surface area contributed by atoms with E-state index in [1.807, 2.05) is 37.3 Å². The topological polar surface area (TPSA) is 46.6 Å². The minimum atomic E-state index is -1.05. The van der Waals surface area contributed by atoms with Crippen LogP contribution in [0.15, 0.2) is 42.5 Å². The Bertz CT molecular complexity index is 1080. The van der Waals surface area contributed by atoms with Gasteiger partial charge in [-0.2, -0.15) is 0 Å². The summed E-state index contributed by atoms with van der Waals surface area (Å²) in [6.45, 7) is 9.45. The van der Waals surface area contributed by atoms with Crippen molar-refractivity contribution in [2.75, 3.05) is 0 Å². The Morgan fingerprint density at radius 1 is 1.15 bits per heavy atom. The Hall–Kier alpha value is -2.74. The van der Waals surface area contributed by atoms with Crippen molar-refractivity contribution >= 4 is 34.9 Å². The summed E-state index contributed by atoms with van der Waals surface area (Å²) in [7, 11) is 1.68. The number of hydrogen-bond acceptors (Lipinski definition) is 1. The lowest BCUT2D eigenvalue weighted by molar-refractivity contribution is 0.0687. The lowest BCUT2D eigenvalue weighted by Gasteiger charge is -2.08. The maximum Gasteiger partial charge on any atom is 0.351 e. The standard InChI is InChI=1S/C21H16Cl2N2O2/c1-4-17-19(24-2)18(20(21(26)27)25(17)3)13-7-5-12(6-8-13)15-10-9-14(22)11-16(15)23/h5-11H,4H2,1,3H3,(H,26,27). The van der Waals surface area contributed by atoms with Gasteiger partial charge in [0.1, 0.15) is 5.69 Å². The molecule has 4 nitrogen and oxygen atoms in total. The van der Waals surface area contributed by atoms with Gasteiger partial charge in [0.25, 0.3) is 0 Å². The molecule has 6 heteroatoms. The van der Waals surface area contributed by atoms with Crippen LogP contribution in [0, 0.1) is 6.57 Å². The maximum atomic E-state index is 11.8. The third kappa shape index (κ3) is 3.32. The van der Waals surface area contributed by atoms with E-state index in [1.54, 1.807) is 23.7 Å². The molecule has 27 heavy (non-hydrogen) atoms. The van der Waals surface area contributed by atoms with Gasteiger partial charge in [0.2, 0.25) is 5.69 Å². The number of carbonyl (C=O) groups is 1. The average molecular weight is 399 g/mol. The lowest BCUT2D eigenvalue weighted by atomic mass is 9.99. The summed E-state index contributed by atoms with van der Waals surface area (Å²) in [5.74, 6) is -1.05. The first kappa shape index (κ1) is 19.0. The molecule has 0 aliphatic heterocycles. The van der Waals surface area contributed by atoms with Gasteiger partial charge < -0.3 is 9.67 Å². The summed E-state index contributed by atoms with van der Waals surface area (Å²) in [6.07, 6.45) is 0.576. The Balaban J connectivity index is 2.16. The summed E-state index contributed by atoms with van der Waals surface area (Å²) >= 11 is 12.2. The van der Waals surface area contributed by atoms with E-state index >= 15 is 0 Å². The van der Waals surface area contributed by atoms with Gasteiger partial charge in [0.05, 0.1) is 6.57 Å². The van der Waals surface area contributed by atoms with Crippen LogP contribution in [0.4, 0.5) is 5.69 Å². The number of rotatable bonds is 4. The molecule has 0 saturated carbocycles. The van der Waals surface area contributed by atoms with Crippen molar-refractivity contribution < 1.29 is 9.90 Å². The highest BCUT2D eigenvalue weighted by Gasteiger charge is 2.25. The first-order chi connectivity index (χ1) is 12.9. The summed E-state index contributed by atoms with van der Waals surface area (Å²) in [5.41, 5.74) is 4.06. The van der Waals surface area contributed by atoms with Crippen LogP contribution in [-0.2, 0) is 13.5 Å². The lowest BCUT2D eigenvalue weighted by Crippen LogP contribution is -2.07. The summed E-state index contributed by atoms with van der Waals surface area (Å²) < 4.78 is 1.59. The highest BCUT2D eigenvalue weighted by atomic mass is 35.5. The van der Waals surface area contributed by atoms with Crippen molar-refractivity contribution in [3.63, 3.8) is 0 Å². The zero-order valence-electron chi connectivity index (χ0n) is 14.8. The molecule has 0 unspecified atom stereocenters. The number of halogens is 2. The van der Waals surface area contributed by atoms with Gasteiger partial charge in [-0.25, -0.2) is 9.64 Å². The number of carboxylic acids is 1. The minimum absolute atomic E-state index is 0.120. The molecule has 0 atom stereocenters. The first-order valence-electron chi connectivity index (χ1n) is 8.27. The molecule has 0 radical (unpaired) electrons. The number of aromatic nitrogens is 1. The Morgan fingerprint density at radius 2 is 1.78 bits per heavy atom. The van der Waals surface area contributed by atoms with E-state index in [0.29, 0.717) is 39.0 Å². The van der Waals surface area contributed by atoms with Crippen molar-refractivity contribution in [3.8, 4) is 22.3 Å². The second-order valence-electron chi connectivity index (χ2n) is 6.05. The van der Waals surface area contributed by atoms with E-state index in [2.05, 4.69) is 4.85 Å². The van der Waals surface area contributed by atoms with E-state index in [1.165, 1.54) is 0 Å². The van der Waals surface area contributed by atoms with E-state index in [9.17, 15) is 9.90 Å². The molecule has 1 heterocycles. The molecule has 3 rings (SSSR count). The van der Waals surface area contributed by atoms with Crippen LogP contribution in [0.3, 0.4) is 0 Å². The normalized spacial score (nSPS) is 10.6. The van der Waals surface area contributed by atoms with Crippen molar-refractivity contribution in [1.82, 2.24) is 4.57 Å². The van der Waals surface area contributed by atoms with Gasteiger partial charge in [0, 0.05) is 33.9 Å². The number of aromatic carboxylic acids is 1. The molecule has 0 fully saturated rings. The summed E-state index contributed by atoms with van der Waals surface area (Å²) in [4.78, 5) is 15.4.